The molecule has 1 unspecified atom stereocenters. The van der Waals surface area contributed by atoms with E-state index in [-0.39, 0.29) is 5.91 Å². The Bertz CT molecular complexity index is 281. The maximum absolute atomic E-state index is 11.8. The van der Waals surface area contributed by atoms with Gasteiger partial charge in [-0.05, 0) is 83.6 Å². The lowest BCUT2D eigenvalue weighted by Crippen LogP contribution is -2.33. The highest BCUT2D eigenvalue weighted by Gasteiger charge is 2.17. The molecule has 0 spiro atoms. The summed E-state index contributed by atoms with van der Waals surface area (Å²) in [4.78, 5) is 14.2. The number of carbonyl (C=O) groups is 1. The Morgan fingerprint density at radius 3 is 2.70 bits per heavy atom. The first kappa shape index (κ1) is 15.8. The van der Waals surface area contributed by atoms with E-state index in [0.717, 1.165) is 38.4 Å². The van der Waals surface area contributed by atoms with E-state index >= 15 is 0 Å². The first-order valence-electron chi connectivity index (χ1n) is 8.40. The van der Waals surface area contributed by atoms with Crippen LogP contribution in [0.5, 0.6) is 0 Å². The number of amides is 1. The number of rotatable bonds is 6. The summed E-state index contributed by atoms with van der Waals surface area (Å²) in [7, 11) is 2.19. The quantitative estimate of drug-likeness (QED) is 0.777. The van der Waals surface area contributed by atoms with Crippen LogP contribution < -0.4 is 10.6 Å². The Hall–Kier alpha value is -0.610. The van der Waals surface area contributed by atoms with Gasteiger partial charge in [-0.2, -0.15) is 0 Å². The smallest absolute Gasteiger partial charge is 0.220 e. The molecular formula is C16H31N3O. The maximum atomic E-state index is 11.8. The summed E-state index contributed by atoms with van der Waals surface area (Å²) in [5.74, 6) is 1.78. The van der Waals surface area contributed by atoms with Crippen LogP contribution in [-0.4, -0.2) is 50.6 Å². The first-order valence-corrected chi connectivity index (χ1v) is 8.40. The molecule has 116 valence electrons. The molecule has 1 atom stereocenters. The van der Waals surface area contributed by atoms with Crippen molar-refractivity contribution >= 4 is 5.91 Å². The van der Waals surface area contributed by atoms with Crippen molar-refractivity contribution in [3.63, 3.8) is 0 Å². The second kappa shape index (κ2) is 8.63. The van der Waals surface area contributed by atoms with Crippen LogP contribution in [0.15, 0.2) is 0 Å². The van der Waals surface area contributed by atoms with E-state index in [1.54, 1.807) is 0 Å². The molecule has 0 aromatic heterocycles. The van der Waals surface area contributed by atoms with Crippen molar-refractivity contribution in [2.45, 2.75) is 44.9 Å². The fourth-order valence-corrected chi connectivity index (χ4v) is 3.36. The lowest BCUT2D eigenvalue weighted by Gasteiger charge is -2.28. The minimum atomic E-state index is 0.253. The average Bonchev–Trinajstić information content (AvgIpc) is 2.48. The summed E-state index contributed by atoms with van der Waals surface area (Å²) in [5, 5.41) is 6.52. The lowest BCUT2D eigenvalue weighted by atomic mass is 9.93. The van der Waals surface area contributed by atoms with Crippen LogP contribution in [0.2, 0.25) is 0 Å². The third-order valence-electron chi connectivity index (χ3n) is 4.89. The van der Waals surface area contributed by atoms with Gasteiger partial charge in [0.1, 0.15) is 0 Å². The van der Waals surface area contributed by atoms with Gasteiger partial charge in [0.2, 0.25) is 5.91 Å². The predicted octanol–water partition coefficient (Wildman–Crippen LogP) is 1.61. The van der Waals surface area contributed by atoms with Crippen LogP contribution in [-0.2, 0) is 4.79 Å². The number of nitrogens with one attached hydrogen (secondary N) is 2. The Kier molecular flexibility index (Phi) is 6.80. The van der Waals surface area contributed by atoms with Crippen LogP contribution >= 0.6 is 0 Å². The summed E-state index contributed by atoms with van der Waals surface area (Å²) in [5.41, 5.74) is 0. The number of nitrogens with zero attached hydrogens (tertiary/aromatic N) is 1. The van der Waals surface area contributed by atoms with Gasteiger partial charge >= 0.3 is 0 Å². The van der Waals surface area contributed by atoms with Crippen molar-refractivity contribution in [2.75, 3.05) is 39.8 Å². The molecule has 0 aromatic rings. The highest BCUT2D eigenvalue weighted by Crippen LogP contribution is 2.19. The monoisotopic (exact) mass is 281 g/mol. The first-order chi connectivity index (χ1) is 9.74. The normalized spacial score (nSPS) is 25.6. The molecule has 0 bridgehead atoms. The molecule has 0 aromatic carbocycles. The van der Waals surface area contributed by atoms with Crippen molar-refractivity contribution in [1.82, 2.24) is 15.5 Å². The molecule has 20 heavy (non-hydrogen) atoms. The summed E-state index contributed by atoms with van der Waals surface area (Å²) in [6, 6.07) is 0. The maximum Gasteiger partial charge on any atom is 0.220 e. The number of piperidine rings is 2. The minimum absolute atomic E-state index is 0.253. The van der Waals surface area contributed by atoms with Crippen LogP contribution in [0, 0.1) is 11.8 Å². The second-order valence-electron chi connectivity index (χ2n) is 6.64. The molecule has 0 radical (unpaired) electrons. The molecule has 2 N–H and O–H groups in total. The average molecular weight is 281 g/mol. The number of hydrogen-bond acceptors (Lipinski definition) is 3. The van der Waals surface area contributed by atoms with E-state index in [1.165, 1.54) is 38.8 Å². The van der Waals surface area contributed by atoms with Gasteiger partial charge in [-0.3, -0.25) is 4.79 Å². The molecular weight excluding hydrogens is 250 g/mol. The summed E-state index contributed by atoms with van der Waals surface area (Å²) in [6.07, 6.45) is 8.05. The molecule has 2 aliphatic heterocycles. The standard InChI is InChI=1S/C16H31N3O/c1-19-11-7-14(8-12-19)6-10-18-16(20)5-4-15-3-2-9-17-13-15/h14-15,17H,2-13H2,1H3,(H,18,20). The third kappa shape index (κ3) is 5.80. The highest BCUT2D eigenvalue weighted by atomic mass is 16.1. The fraction of sp³-hybridized carbons (Fsp3) is 0.938. The van der Waals surface area contributed by atoms with E-state index in [9.17, 15) is 4.79 Å². The number of carbonyl (C=O) groups excluding carboxylic acids is 1. The zero-order valence-electron chi connectivity index (χ0n) is 13.0. The molecule has 2 rings (SSSR count). The summed E-state index contributed by atoms with van der Waals surface area (Å²) in [6.45, 7) is 5.55. The zero-order chi connectivity index (χ0) is 14.2. The Labute approximate surface area is 123 Å². The van der Waals surface area contributed by atoms with Crippen LogP contribution in [0.1, 0.15) is 44.9 Å². The summed E-state index contributed by atoms with van der Waals surface area (Å²) < 4.78 is 0. The Balaban J connectivity index is 1.49. The molecule has 1 amide bonds. The lowest BCUT2D eigenvalue weighted by molar-refractivity contribution is -0.121. The number of hydrogen-bond donors (Lipinski definition) is 2. The molecule has 2 aliphatic rings. The van der Waals surface area contributed by atoms with Crippen LogP contribution in [0.4, 0.5) is 0 Å². The SMILES string of the molecule is CN1CCC(CCNC(=O)CCC2CCCNC2)CC1. The summed E-state index contributed by atoms with van der Waals surface area (Å²) >= 11 is 0. The minimum Gasteiger partial charge on any atom is -0.356 e. The Morgan fingerprint density at radius 2 is 2.00 bits per heavy atom. The molecule has 0 saturated carbocycles. The van der Waals surface area contributed by atoms with Gasteiger partial charge in [-0.15, -0.1) is 0 Å². The fourth-order valence-electron chi connectivity index (χ4n) is 3.36. The van der Waals surface area contributed by atoms with E-state index in [4.69, 9.17) is 0 Å². The molecule has 2 heterocycles. The van der Waals surface area contributed by atoms with E-state index in [2.05, 4.69) is 22.6 Å². The van der Waals surface area contributed by atoms with Gasteiger partial charge < -0.3 is 15.5 Å². The van der Waals surface area contributed by atoms with Gasteiger partial charge in [0.25, 0.3) is 0 Å². The van der Waals surface area contributed by atoms with Gasteiger partial charge in [-0.25, -0.2) is 0 Å². The van der Waals surface area contributed by atoms with Crippen molar-refractivity contribution in [1.29, 1.82) is 0 Å². The van der Waals surface area contributed by atoms with Crippen molar-refractivity contribution in [3.05, 3.63) is 0 Å². The van der Waals surface area contributed by atoms with Crippen LogP contribution in [0.3, 0.4) is 0 Å². The van der Waals surface area contributed by atoms with Crippen molar-refractivity contribution in [3.8, 4) is 0 Å². The molecule has 2 saturated heterocycles. The van der Waals surface area contributed by atoms with Crippen molar-refractivity contribution < 1.29 is 4.79 Å². The van der Waals surface area contributed by atoms with E-state index in [1.807, 2.05) is 0 Å². The number of likely N-dealkylation sites (tertiary alicyclic amines) is 1. The highest BCUT2D eigenvalue weighted by molar-refractivity contribution is 5.75. The molecule has 4 heteroatoms. The van der Waals surface area contributed by atoms with E-state index < -0.39 is 0 Å². The predicted molar refractivity (Wildman–Crippen MR) is 82.7 cm³/mol. The van der Waals surface area contributed by atoms with Gasteiger partial charge in [-0.1, -0.05) is 0 Å². The van der Waals surface area contributed by atoms with Crippen LogP contribution in [0.25, 0.3) is 0 Å². The molecule has 4 nitrogen and oxygen atoms in total. The topological polar surface area (TPSA) is 44.4 Å². The van der Waals surface area contributed by atoms with Gasteiger partial charge in [0.15, 0.2) is 0 Å². The van der Waals surface area contributed by atoms with E-state index in [0.29, 0.717) is 12.3 Å². The third-order valence-corrected chi connectivity index (χ3v) is 4.89. The molecule has 0 aliphatic carbocycles. The largest absolute Gasteiger partial charge is 0.356 e. The van der Waals surface area contributed by atoms with Crippen molar-refractivity contribution in [2.24, 2.45) is 11.8 Å². The van der Waals surface area contributed by atoms with Gasteiger partial charge in [0.05, 0.1) is 0 Å². The second-order valence-corrected chi connectivity index (χ2v) is 6.64. The van der Waals surface area contributed by atoms with Gasteiger partial charge in [0, 0.05) is 13.0 Å². The molecule has 2 fully saturated rings. The zero-order valence-corrected chi connectivity index (χ0v) is 13.0. The Morgan fingerprint density at radius 1 is 1.20 bits per heavy atom.